The summed E-state index contributed by atoms with van der Waals surface area (Å²) < 4.78 is 5.49. The number of hydrogen-bond donors (Lipinski definition) is 0. The molecule has 1 fully saturated rings. The van der Waals surface area contributed by atoms with Gasteiger partial charge in [0.2, 0.25) is 0 Å². The molecule has 9 heteroatoms. The minimum atomic E-state index is -2.24. The van der Waals surface area contributed by atoms with E-state index in [1.807, 2.05) is 6.07 Å². The van der Waals surface area contributed by atoms with Crippen LogP contribution in [0.4, 0.5) is 0 Å². The Hall–Kier alpha value is -4.09. The number of benzene rings is 2. The van der Waals surface area contributed by atoms with Crippen LogP contribution in [0.15, 0.2) is 78.5 Å². The SMILES string of the molecule is N#CC1(C(=O)[O-])C(c2ccc(Cl)cc2)C(C(=O)Oc2ccccc2)N2C=C(C(=O)[O-])C=CC21. The molecule has 4 unspecified atom stereocenters. The fraction of sp³-hybridized carbons (Fsp3) is 0.167. The number of carboxylic acid groups (broad SMARTS) is 2. The lowest BCUT2D eigenvalue weighted by atomic mass is 9.69. The molecule has 2 aliphatic heterocycles. The van der Waals surface area contributed by atoms with E-state index in [-0.39, 0.29) is 11.3 Å². The van der Waals surface area contributed by atoms with Crippen LogP contribution in [0.2, 0.25) is 5.02 Å². The number of nitrogens with zero attached hydrogens (tertiary/aromatic N) is 2. The van der Waals surface area contributed by atoms with Crippen LogP contribution < -0.4 is 14.9 Å². The van der Waals surface area contributed by atoms with Crippen LogP contribution in [0.25, 0.3) is 0 Å². The molecule has 0 N–H and O–H groups in total. The van der Waals surface area contributed by atoms with Crippen molar-refractivity contribution in [1.29, 1.82) is 5.26 Å². The quantitative estimate of drug-likeness (QED) is 0.464. The summed E-state index contributed by atoms with van der Waals surface area (Å²) in [7, 11) is 0. The summed E-state index contributed by atoms with van der Waals surface area (Å²) in [4.78, 5) is 38.6. The van der Waals surface area contributed by atoms with Crippen molar-refractivity contribution in [3.63, 3.8) is 0 Å². The molecule has 166 valence electrons. The van der Waals surface area contributed by atoms with E-state index in [1.54, 1.807) is 18.2 Å². The summed E-state index contributed by atoms with van der Waals surface area (Å²) in [6.07, 6.45) is 3.50. The van der Waals surface area contributed by atoms with Gasteiger partial charge in [0.05, 0.1) is 24.0 Å². The van der Waals surface area contributed by atoms with E-state index in [0.29, 0.717) is 10.6 Å². The molecule has 0 aromatic heterocycles. The normalized spacial score (nSPS) is 25.5. The first-order valence-corrected chi connectivity index (χ1v) is 10.2. The van der Waals surface area contributed by atoms with Crippen molar-refractivity contribution < 1.29 is 29.3 Å². The summed E-state index contributed by atoms with van der Waals surface area (Å²) >= 11 is 5.98. The predicted octanol–water partition coefficient (Wildman–Crippen LogP) is 0.545. The fourth-order valence-corrected chi connectivity index (χ4v) is 4.54. The number of fused-ring (bicyclic) bond motifs is 1. The van der Waals surface area contributed by atoms with Gasteiger partial charge in [-0.1, -0.05) is 54.1 Å². The fourth-order valence-electron chi connectivity index (χ4n) is 4.41. The number of ether oxygens (including phenoxy) is 1. The van der Waals surface area contributed by atoms with Gasteiger partial charge >= 0.3 is 5.97 Å². The Kier molecular flexibility index (Phi) is 5.66. The van der Waals surface area contributed by atoms with E-state index in [4.69, 9.17) is 16.3 Å². The van der Waals surface area contributed by atoms with Crippen LogP contribution in [0.5, 0.6) is 5.75 Å². The molecular formula is C24H15ClN2O6-2. The molecule has 2 heterocycles. The summed E-state index contributed by atoms with van der Waals surface area (Å²) in [6, 6.07) is 13.4. The van der Waals surface area contributed by atoms with E-state index >= 15 is 0 Å². The highest BCUT2D eigenvalue weighted by Crippen LogP contribution is 2.53. The smallest absolute Gasteiger partial charge is 0.334 e. The second kappa shape index (κ2) is 8.45. The van der Waals surface area contributed by atoms with Crippen LogP contribution in [0.3, 0.4) is 0 Å². The first kappa shape index (κ1) is 22.1. The van der Waals surface area contributed by atoms with Crippen molar-refractivity contribution in [2.75, 3.05) is 0 Å². The third-order valence-electron chi connectivity index (χ3n) is 5.85. The number of para-hydroxylation sites is 1. The Morgan fingerprint density at radius 2 is 1.73 bits per heavy atom. The molecule has 0 amide bonds. The third-order valence-corrected chi connectivity index (χ3v) is 6.10. The van der Waals surface area contributed by atoms with Crippen molar-refractivity contribution in [3.05, 3.63) is 89.1 Å². The van der Waals surface area contributed by atoms with Gasteiger partial charge in [0.15, 0.2) is 0 Å². The lowest BCUT2D eigenvalue weighted by Crippen LogP contribution is -2.51. The van der Waals surface area contributed by atoms with E-state index in [2.05, 4.69) is 0 Å². The summed E-state index contributed by atoms with van der Waals surface area (Å²) in [6.45, 7) is 0. The molecule has 1 saturated heterocycles. The first-order chi connectivity index (χ1) is 15.8. The number of hydrogen-bond acceptors (Lipinski definition) is 8. The molecule has 0 saturated carbocycles. The van der Waals surface area contributed by atoms with Gasteiger partial charge in [-0.15, -0.1) is 0 Å². The molecule has 33 heavy (non-hydrogen) atoms. The number of halogens is 1. The van der Waals surface area contributed by atoms with Crippen LogP contribution in [0, 0.1) is 16.7 Å². The number of carboxylic acids is 2. The van der Waals surface area contributed by atoms with Crippen molar-refractivity contribution in [3.8, 4) is 11.8 Å². The Labute approximate surface area is 193 Å². The average Bonchev–Trinajstić information content (AvgIpc) is 3.11. The highest BCUT2D eigenvalue weighted by molar-refractivity contribution is 6.30. The number of carbonyl (C=O) groups excluding carboxylic acids is 3. The van der Waals surface area contributed by atoms with Crippen LogP contribution >= 0.6 is 11.6 Å². The van der Waals surface area contributed by atoms with Gasteiger partial charge in [-0.3, -0.25) is 0 Å². The van der Waals surface area contributed by atoms with Crippen LogP contribution in [0.1, 0.15) is 11.5 Å². The van der Waals surface area contributed by atoms with Crippen molar-refractivity contribution in [1.82, 2.24) is 4.90 Å². The summed E-state index contributed by atoms with van der Waals surface area (Å²) in [5.74, 6) is -5.16. The Bertz CT molecular complexity index is 1220. The molecule has 0 aliphatic carbocycles. The lowest BCUT2D eigenvalue weighted by Gasteiger charge is -2.35. The third kappa shape index (κ3) is 3.62. The van der Waals surface area contributed by atoms with Crippen LogP contribution in [-0.4, -0.2) is 34.9 Å². The second-order valence-electron chi connectivity index (χ2n) is 7.60. The topological polar surface area (TPSA) is 134 Å². The van der Waals surface area contributed by atoms with E-state index in [0.717, 1.165) is 12.3 Å². The summed E-state index contributed by atoms with van der Waals surface area (Å²) in [5.41, 5.74) is -2.20. The Balaban J connectivity index is 1.91. The number of rotatable bonds is 5. The zero-order chi connectivity index (χ0) is 23.8. The Morgan fingerprint density at radius 3 is 2.30 bits per heavy atom. The average molecular weight is 463 g/mol. The maximum atomic E-state index is 13.4. The maximum Gasteiger partial charge on any atom is 0.334 e. The number of aliphatic carboxylic acids is 2. The molecule has 4 rings (SSSR count). The van der Waals surface area contributed by atoms with E-state index < -0.39 is 41.3 Å². The highest BCUT2D eigenvalue weighted by atomic mass is 35.5. The Morgan fingerprint density at radius 1 is 1.06 bits per heavy atom. The highest BCUT2D eigenvalue weighted by Gasteiger charge is 2.63. The van der Waals surface area contributed by atoms with E-state index in [1.165, 1.54) is 47.4 Å². The van der Waals surface area contributed by atoms with E-state index in [9.17, 15) is 29.9 Å². The van der Waals surface area contributed by atoms with Gasteiger partial charge in [-0.2, -0.15) is 5.26 Å². The molecule has 2 aromatic carbocycles. The minimum Gasteiger partial charge on any atom is -0.548 e. The van der Waals surface area contributed by atoms with Crippen LogP contribution in [-0.2, 0) is 14.4 Å². The molecule has 0 radical (unpaired) electrons. The van der Waals surface area contributed by atoms with Crippen molar-refractivity contribution in [2.45, 2.75) is 18.0 Å². The van der Waals surface area contributed by atoms with Gasteiger partial charge in [-0.05, 0) is 29.8 Å². The molecule has 0 bridgehead atoms. The zero-order valence-corrected chi connectivity index (χ0v) is 17.6. The molecule has 2 aliphatic rings. The number of esters is 1. The summed E-state index contributed by atoms with van der Waals surface area (Å²) in [5, 5.41) is 34.4. The molecule has 4 atom stereocenters. The predicted molar refractivity (Wildman–Crippen MR) is 111 cm³/mol. The van der Waals surface area contributed by atoms with Crippen molar-refractivity contribution >= 4 is 29.5 Å². The largest absolute Gasteiger partial charge is 0.548 e. The van der Waals surface area contributed by atoms with Gasteiger partial charge in [0, 0.05) is 22.7 Å². The molecule has 8 nitrogen and oxygen atoms in total. The number of nitriles is 1. The van der Waals surface area contributed by atoms with Gasteiger partial charge < -0.3 is 29.4 Å². The van der Waals surface area contributed by atoms with Gasteiger partial charge in [0.25, 0.3) is 0 Å². The molecular weight excluding hydrogens is 448 g/mol. The molecule has 2 aromatic rings. The second-order valence-corrected chi connectivity index (χ2v) is 8.04. The lowest BCUT2D eigenvalue weighted by molar-refractivity contribution is -0.317. The standard InChI is InChI=1S/C24H17ClN2O6/c25-16-9-6-14(7-10-16)19-20(22(30)33-17-4-2-1-3-5-17)27-12-15(21(28)29)8-11-18(27)24(19,13-26)23(31)32/h1-12,18-20H,(H,28,29)(H,31,32)/p-2. The monoisotopic (exact) mass is 462 g/mol. The first-order valence-electron chi connectivity index (χ1n) is 9.83. The van der Waals surface area contributed by atoms with Gasteiger partial charge in [0.1, 0.15) is 17.2 Å². The van der Waals surface area contributed by atoms with Crippen molar-refractivity contribution in [2.24, 2.45) is 5.41 Å². The zero-order valence-electron chi connectivity index (χ0n) is 16.9. The van der Waals surface area contributed by atoms with Gasteiger partial charge in [-0.25, -0.2) is 4.79 Å². The maximum absolute atomic E-state index is 13.4. The minimum absolute atomic E-state index is 0.202. The molecule has 0 spiro atoms. The number of carbonyl (C=O) groups is 3.